The number of hydrogen-bond donors (Lipinski definition) is 1. The predicted octanol–water partition coefficient (Wildman–Crippen LogP) is 3.63. The SMILES string of the molecule is CS(=O)(=O)Nc1cccc(-c2nc3ccc(Br)cc3o2)c1. The molecule has 0 amide bonds. The lowest BCUT2D eigenvalue weighted by Gasteiger charge is -2.04. The number of hydrogen-bond acceptors (Lipinski definition) is 4. The van der Waals surface area contributed by atoms with Gasteiger partial charge in [0.1, 0.15) is 5.52 Å². The van der Waals surface area contributed by atoms with Crippen molar-refractivity contribution >= 4 is 42.7 Å². The second-order valence-corrected chi connectivity index (χ2v) is 7.25. The first-order chi connectivity index (χ1) is 9.90. The Morgan fingerprint density at radius 2 is 2.00 bits per heavy atom. The van der Waals surface area contributed by atoms with Crippen LogP contribution >= 0.6 is 15.9 Å². The summed E-state index contributed by atoms with van der Waals surface area (Å²) in [5.74, 6) is 0.445. The van der Waals surface area contributed by atoms with E-state index in [0.29, 0.717) is 22.7 Å². The summed E-state index contributed by atoms with van der Waals surface area (Å²) in [7, 11) is -3.31. The molecule has 0 aliphatic heterocycles. The van der Waals surface area contributed by atoms with Gasteiger partial charge in [-0.1, -0.05) is 22.0 Å². The van der Waals surface area contributed by atoms with Gasteiger partial charge >= 0.3 is 0 Å². The summed E-state index contributed by atoms with van der Waals surface area (Å²) in [6, 6.07) is 12.5. The maximum absolute atomic E-state index is 11.3. The lowest BCUT2D eigenvalue weighted by molar-refractivity contribution is 0.606. The van der Waals surface area contributed by atoms with Gasteiger partial charge in [0, 0.05) is 15.7 Å². The Balaban J connectivity index is 2.04. The Kier molecular flexibility index (Phi) is 3.46. The normalized spacial score (nSPS) is 11.7. The van der Waals surface area contributed by atoms with Gasteiger partial charge in [0.25, 0.3) is 0 Å². The molecule has 2 aromatic carbocycles. The third-order valence-corrected chi connectivity index (χ3v) is 3.86. The van der Waals surface area contributed by atoms with Crippen LogP contribution in [0.1, 0.15) is 0 Å². The molecule has 1 aromatic heterocycles. The molecule has 5 nitrogen and oxygen atoms in total. The van der Waals surface area contributed by atoms with Gasteiger partial charge in [-0.15, -0.1) is 0 Å². The quantitative estimate of drug-likeness (QED) is 0.767. The van der Waals surface area contributed by atoms with Crippen molar-refractivity contribution < 1.29 is 12.8 Å². The van der Waals surface area contributed by atoms with Crippen molar-refractivity contribution in [3.63, 3.8) is 0 Å². The Hall–Kier alpha value is -1.86. The van der Waals surface area contributed by atoms with Gasteiger partial charge in [0.2, 0.25) is 15.9 Å². The highest BCUT2D eigenvalue weighted by molar-refractivity contribution is 9.10. The fraction of sp³-hybridized carbons (Fsp3) is 0.0714. The number of sulfonamides is 1. The number of anilines is 1. The van der Waals surface area contributed by atoms with Crippen LogP contribution in [0.4, 0.5) is 5.69 Å². The summed E-state index contributed by atoms with van der Waals surface area (Å²) in [6.45, 7) is 0. The van der Waals surface area contributed by atoms with Crippen LogP contribution in [-0.2, 0) is 10.0 Å². The lowest BCUT2D eigenvalue weighted by atomic mass is 10.2. The van der Waals surface area contributed by atoms with Crippen molar-refractivity contribution in [2.75, 3.05) is 11.0 Å². The molecule has 3 rings (SSSR count). The molecule has 0 saturated heterocycles. The largest absolute Gasteiger partial charge is 0.436 e. The molecular weight excluding hydrogens is 356 g/mol. The molecule has 1 N–H and O–H groups in total. The van der Waals surface area contributed by atoms with E-state index in [1.807, 2.05) is 24.3 Å². The number of fused-ring (bicyclic) bond motifs is 1. The molecule has 21 heavy (non-hydrogen) atoms. The van der Waals surface area contributed by atoms with Gasteiger partial charge in [0.15, 0.2) is 5.58 Å². The molecule has 1 heterocycles. The number of rotatable bonds is 3. The highest BCUT2D eigenvalue weighted by Gasteiger charge is 2.10. The lowest BCUT2D eigenvalue weighted by Crippen LogP contribution is -2.09. The molecule has 0 bridgehead atoms. The summed E-state index contributed by atoms with van der Waals surface area (Å²) in [6.07, 6.45) is 1.11. The zero-order valence-electron chi connectivity index (χ0n) is 11.0. The summed E-state index contributed by atoms with van der Waals surface area (Å²) in [4.78, 5) is 4.40. The van der Waals surface area contributed by atoms with Gasteiger partial charge in [-0.25, -0.2) is 13.4 Å². The number of benzene rings is 2. The second kappa shape index (κ2) is 5.16. The fourth-order valence-electron chi connectivity index (χ4n) is 1.95. The topological polar surface area (TPSA) is 72.2 Å². The van der Waals surface area contributed by atoms with E-state index in [-0.39, 0.29) is 0 Å². The van der Waals surface area contributed by atoms with Crippen molar-refractivity contribution in [2.45, 2.75) is 0 Å². The minimum Gasteiger partial charge on any atom is -0.436 e. The van der Waals surface area contributed by atoms with E-state index >= 15 is 0 Å². The standard InChI is InChI=1S/C14H11BrN2O3S/c1-21(18,19)17-11-4-2-3-9(7-11)14-16-12-6-5-10(15)8-13(12)20-14/h2-8,17H,1H3. The van der Waals surface area contributed by atoms with Gasteiger partial charge < -0.3 is 4.42 Å². The van der Waals surface area contributed by atoms with E-state index in [0.717, 1.165) is 16.2 Å². The molecular formula is C14H11BrN2O3S. The van der Waals surface area contributed by atoms with Crippen LogP contribution in [0, 0.1) is 0 Å². The average Bonchev–Trinajstić information content (AvgIpc) is 2.80. The van der Waals surface area contributed by atoms with Crippen molar-refractivity contribution in [3.05, 3.63) is 46.9 Å². The molecule has 0 spiro atoms. The van der Waals surface area contributed by atoms with Crippen molar-refractivity contribution in [2.24, 2.45) is 0 Å². The van der Waals surface area contributed by atoms with Crippen LogP contribution in [0.5, 0.6) is 0 Å². The predicted molar refractivity (Wildman–Crippen MR) is 85.6 cm³/mol. The molecule has 0 atom stereocenters. The zero-order valence-corrected chi connectivity index (χ0v) is 13.4. The van der Waals surface area contributed by atoms with Crippen molar-refractivity contribution in [1.29, 1.82) is 0 Å². The minimum absolute atomic E-state index is 0.445. The Morgan fingerprint density at radius 3 is 2.76 bits per heavy atom. The van der Waals surface area contributed by atoms with E-state index in [4.69, 9.17) is 4.42 Å². The van der Waals surface area contributed by atoms with E-state index in [1.165, 1.54) is 0 Å². The number of nitrogens with one attached hydrogen (secondary N) is 1. The van der Waals surface area contributed by atoms with Gasteiger partial charge in [0.05, 0.1) is 6.26 Å². The Morgan fingerprint density at radius 1 is 1.19 bits per heavy atom. The van der Waals surface area contributed by atoms with Gasteiger partial charge in [-0.3, -0.25) is 4.72 Å². The molecule has 108 valence electrons. The van der Waals surface area contributed by atoms with Crippen LogP contribution in [0.25, 0.3) is 22.6 Å². The highest BCUT2D eigenvalue weighted by atomic mass is 79.9. The van der Waals surface area contributed by atoms with Gasteiger partial charge in [-0.2, -0.15) is 0 Å². The first-order valence-electron chi connectivity index (χ1n) is 6.05. The molecule has 0 aliphatic carbocycles. The minimum atomic E-state index is -3.31. The van der Waals surface area contributed by atoms with Gasteiger partial charge in [-0.05, 0) is 36.4 Å². The van der Waals surface area contributed by atoms with E-state index in [2.05, 4.69) is 25.6 Å². The van der Waals surface area contributed by atoms with E-state index < -0.39 is 10.0 Å². The highest BCUT2D eigenvalue weighted by Crippen LogP contribution is 2.28. The summed E-state index contributed by atoms with van der Waals surface area (Å²) in [5.41, 5.74) is 2.59. The molecule has 3 aromatic rings. The van der Waals surface area contributed by atoms with Crippen LogP contribution < -0.4 is 4.72 Å². The average molecular weight is 367 g/mol. The molecule has 0 aliphatic rings. The molecule has 7 heteroatoms. The maximum Gasteiger partial charge on any atom is 0.229 e. The summed E-state index contributed by atoms with van der Waals surface area (Å²) in [5, 5.41) is 0. The van der Waals surface area contributed by atoms with Crippen LogP contribution in [-0.4, -0.2) is 19.7 Å². The van der Waals surface area contributed by atoms with E-state index in [9.17, 15) is 8.42 Å². The van der Waals surface area contributed by atoms with E-state index in [1.54, 1.807) is 18.2 Å². The fourth-order valence-corrected chi connectivity index (χ4v) is 2.85. The number of oxazole rings is 1. The summed E-state index contributed by atoms with van der Waals surface area (Å²) < 4.78 is 31.6. The number of halogens is 1. The molecule has 0 fully saturated rings. The number of aromatic nitrogens is 1. The molecule has 0 radical (unpaired) electrons. The first kappa shape index (κ1) is 14.1. The maximum atomic E-state index is 11.3. The number of nitrogens with zero attached hydrogens (tertiary/aromatic N) is 1. The van der Waals surface area contributed by atoms with Crippen molar-refractivity contribution in [3.8, 4) is 11.5 Å². The summed E-state index contributed by atoms with van der Waals surface area (Å²) >= 11 is 3.38. The molecule has 0 unspecified atom stereocenters. The molecule has 0 saturated carbocycles. The van der Waals surface area contributed by atoms with Crippen LogP contribution in [0.3, 0.4) is 0 Å². The van der Waals surface area contributed by atoms with Crippen LogP contribution in [0.15, 0.2) is 51.4 Å². The zero-order chi connectivity index (χ0) is 15.0. The first-order valence-corrected chi connectivity index (χ1v) is 8.73. The third kappa shape index (κ3) is 3.25. The van der Waals surface area contributed by atoms with Crippen LogP contribution in [0.2, 0.25) is 0 Å². The smallest absolute Gasteiger partial charge is 0.229 e. The second-order valence-electron chi connectivity index (χ2n) is 4.59. The third-order valence-electron chi connectivity index (χ3n) is 2.76. The Bertz CT molecular complexity index is 919. The monoisotopic (exact) mass is 366 g/mol. The Labute approximate surface area is 130 Å². The van der Waals surface area contributed by atoms with Crippen molar-refractivity contribution in [1.82, 2.24) is 4.98 Å².